The molecule has 1 saturated heterocycles. The molecule has 1 aliphatic heterocycles. The zero-order valence-electron chi connectivity index (χ0n) is 12.0. The molecule has 1 aromatic carbocycles. The minimum atomic E-state index is -0.513. The summed E-state index contributed by atoms with van der Waals surface area (Å²) in [7, 11) is 0. The maximum absolute atomic E-state index is 12.6. The third kappa shape index (κ3) is 2.71. The molecule has 110 valence electrons. The van der Waals surface area contributed by atoms with Gasteiger partial charge in [-0.05, 0) is 31.2 Å². The lowest BCUT2D eigenvalue weighted by molar-refractivity contribution is -0.132. The van der Waals surface area contributed by atoms with Gasteiger partial charge in [-0.3, -0.25) is 4.79 Å². The van der Waals surface area contributed by atoms with E-state index in [9.17, 15) is 9.59 Å². The lowest BCUT2D eigenvalue weighted by Gasteiger charge is -2.23. The van der Waals surface area contributed by atoms with Crippen molar-refractivity contribution in [3.05, 3.63) is 48.0 Å². The fourth-order valence-electron chi connectivity index (χ4n) is 3.14. The SMILES string of the molecule is C=C1CCCC1C(=O)N1C(=O)OC[C@@H]1Cc1ccccc1. The molecule has 2 aliphatic rings. The van der Waals surface area contributed by atoms with Crippen LogP contribution in [0.3, 0.4) is 0 Å². The second-order valence-electron chi connectivity index (χ2n) is 5.73. The van der Waals surface area contributed by atoms with Gasteiger partial charge in [0.25, 0.3) is 0 Å². The summed E-state index contributed by atoms with van der Waals surface area (Å²) in [5, 5.41) is 0. The number of nitrogens with zero attached hydrogens (tertiary/aromatic N) is 1. The second-order valence-corrected chi connectivity index (χ2v) is 5.73. The van der Waals surface area contributed by atoms with Crippen LogP contribution >= 0.6 is 0 Å². The van der Waals surface area contributed by atoms with Crippen molar-refractivity contribution in [3.63, 3.8) is 0 Å². The number of carbonyl (C=O) groups is 2. The lowest BCUT2D eigenvalue weighted by Crippen LogP contribution is -2.43. The fraction of sp³-hybridized carbons (Fsp3) is 0.412. The Balaban J connectivity index is 1.76. The van der Waals surface area contributed by atoms with Crippen LogP contribution in [0.15, 0.2) is 42.5 Å². The van der Waals surface area contributed by atoms with Crippen LogP contribution < -0.4 is 0 Å². The maximum atomic E-state index is 12.6. The van der Waals surface area contributed by atoms with Crippen molar-refractivity contribution in [1.82, 2.24) is 4.90 Å². The summed E-state index contributed by atoms with van der Waals surface area (Å²) in [6.07, 6.45) is 2.77. The Bertz CT molecular complexity index is 567. The molecule has 1 saturated carbocycles. The van der Waals surface area contributed by atoms with Gasteiger partial charge in [-0.1, -0.05) is 42.5 Å². The van der Waals surface area contributed by atoms with E-state index >= 15 is 0 Å². The van der Waals surface area contributed by atoms with Gasteiger partial charge in [-0.2, -0.15) is 0 Å². The molecule has 2 atom stereocenters. The van der Waals surface area contributed by atoms with Crippen LogP contribution in [0, 0.1) is 5.92 Å². The van der Waals surface area contributed by atoms with E-state index in [0.717, 1.165) is 30.4 Å². The van der Waals surface area contributed by atoms with Crippen LogP contribution in [-0.4, -0.2) is 29.5 Å². The number of imide groups is 1. The van der Waals surface area contributed by atoms with Crippen LogP contribution in [0.4, 0.5) is 4.79 Å². The van der Waals surface area contributed by atoms with Crippen molar-refractivity contribution in [2.24, 2.45) is 5.92 Å². The average Bonchev–Trinajstić information content (AvgIpc) is 3.06. The number of benzene rings is 1. The van der Waals surface area contributed by atoms with Crippen molar-refractivity contribution in [2.75, 3.05) is 6.61 Å². The summed E-state index contributed by atoms with van der Waals surface area (Å²) < 4.78 is 5.10. The van der Waals surface area contributed by atoms with Crippen molar-refractivity contribution in [1.29, 1.82) is 0 Å². The average molecular weight is 285 g/mol. The number of ether oxygens (including phenoxy) is 1. The summed E-state index contributed by atoms with van der Waals surface area (Å²) in [5.41, 5.74) is 2.04. The van der Waals surface area contributed by atoms with Gasteiger partial charge in [0.1, 0.15) is 6.61 Å². The number of cyclic esters (lactones) is 1. The van der Waals surface area contributed by atoms with Gasteiger partial charge < -0.3 is 4.74 Å². The summed E-state index contributed by atoms with van der Waals surface area (Å²) in [5.74, 6) is -0.352. The Kier molecular flexibility index (Phi) is 3.78. The Hall–Kier alpha value is -2.10. The molecule has 0 radical (unpaired) electrons. The summed E-state index contributed by atoms with van der Waals surface area (Å²) in [6, 6.07) is 9.65. The fourth-order valence-corrected chi connectivity index (χ4v) is 3.14. The van der Waals surface area contributed by atoms with E-state index in [2.05, 4.69) is 6.58 Å². The molecule has 0 spiro atoms. The van der Waals surface area contributed by atoms with Gasteiger partial charge in [-0.25, -0.2) is 9.69 Å². The highest BCUT2D eigenvalue weighted by molar-refractivity contribution is 5.96. The quantitative estimate of drug-likeness (QED) is 0.802. The first-order valence-electron chi connectivity index (χ1n) is 7.38. The molecule has 0 N–H and O–H groups in total. The van der Waals surface area contributed by atoms with Crippen molar-refractivity contribution in [2.45, 2.75) is 31.7 Å². The van der Waals surface area contributed by atoms with Crippen molar-refractivity contribution >= 4 is 12.0 Å². The molecule has 1 heterocycles. The van der Waals surface area contributed by atoms with Crippen molar-refractivity contribution in [3.8, 4) is 0 Å². The highest BCUT2D eigenvalue weighted by atomic mass is 16.6. The lowest BCUT2D eigenvalue weighted by atomic mass is 10.00. The monoisotopic (exact) mass is 285 g/mol. The number of amides is 2. The van der Waals surface area contributed by atoms with Gasteiger partial charge in [0.05, 0.1) is 12.0 Å². The van der Waals surface area contributed by atoms with Gasteiger partial charge >= 0.3 is 6.09 Å². The predicted octanol–water partition coefficient (Wildman–Crippen LogP) is 2.93. The Labute approximate surface area is 124 Å². The third-order valence-electron chi connectivity index (χ3n) is 4.29. The first-order chi connectivity index (χ1) is 10.2. The Morgan fingerprint density at radius 2 is 2.10 bits per heavy atom. The topological polar surface area (TPSA) is 46.6 Å². The highest BCUT2D eigenvalue weighted by Gasteiger charge is 2.42. The van der Waals surface area contributed by atoms with Crippen LogP contribution in [0.1, 0.15) is 24.8 Å². The van der Waals surface area contributed by atoms with E-state index in [1.54, 1.807) is 0 Å². The molecule has 21 heavy (non-hydrogen) atoms. The number of rotatable bonds is 3. The number of carbonyl (C=O) groups excluding carboxylic acids is 2. The second kappa shape index (κ2) is 5.72. The van der Waals surface area contributed by atoms with Gasteiger partial charge in [0.15, 0.2) is 0 Å². The van der Waals surface area contributed by atoms with E-state index in [0.29, 0.717) is 6.42 Å². The molecule has 0 bridgehead atoms. The van der Waals surface area contributed by atoms with E-state index in [-0.39, 0.29) is 24.5 Å². The molecular formula is C17H19NO3. The molecule has 2 amide bonds. The standard InChI is InChI=1S/C17H19NO3/c1-12-6-5-9-15(12)16(19)18-14(11-21-17(18)20)10-13-7-3-2-4-8-13/h2-4,7-8,14-15H,1,5-6,9-11H2/t14-,15?/m0/s1. The zero-order chi connectivity index (χ0) is 14.8. The van der Waals surface area contributed by atoms with Crippen LogP contribution in [0.25, 0.3) is 0 Å². The van der Waals surface area contributed by atoms with E-state index in [1.165, 1.54) is 4.90 Å². The highest BCUT2D eigenvalue weighted by Crippen LogP contribution is 2.33. The molecule has 3 rings (SSSR count). The number of hydrogen-bond acceptors (Lipinski definition) is 3. The van der Waals surface area contributed by atoms with Gasteiger partial charge in [0.2, 0.25) is 5.91 Å². The van der Waals surface area contributed by atoms with Gasteiger partial charge in [0, 0.05) is 0 Å². The molecule has 1 unspecified atom stereocenters. The first kappa shape index (κ1) is 13.9. The molecule has 2 fully saturated rings. The molecule has 4 nitrogen and oxygen atoms in total. The largest absolute Gasteiger partial charge is 0.447 e. The normalized spacial score (nSPS) is 25.2. The van der Waals surface area contributed by atoms with Crippen LogP contribution in [0.2, 0.25) is 0 Å². The molecule has 1 aromatic rings. The maximum Gasteiger partial charge on any atom is 0.417 e. The summed E-state index contributed by atoms with van der Waals surface area (Å²) in [4.78, 5) is 25.9. The summed E-state index contributed by atoms with van der Waals surface area (Å²) in [6.45, 7) is 4.24. The third-order valence-corrected chi connectivity index (χ3v) is 4.29. The zero-order valence-corrected chi connectivity index (χ0v) is 12.0. The molecule has 1 aliphatic carbocycles. The Morgan fingerprint density at radius 1 is 1.33 bits per heavy atom. The molecular weight excluding hydrogens is 266 g/mol. The van der Waals surface area contributed by atoms with Crippen LogP contribution in [-0.2, 0) is 16.0 Å². The first-order valence-corrected chi connectivity index (χ1v) is 7.38. The Morgan fingerprint density at radius 3 is 2.76 bits per heavy atom. The van der Waals surface area contributed by atoms with E-state index in [4.69, 9.17) is 4.74 Å². The minimum absolute atomic E-state index is 0.138. The molecule has 0 aromatic heterocycles. The smallest absolute Gasteiger partial charge is 0.417 e. The predicted molar refractivity (Wildman–Crippen MR) is 78.6 cm³/mol. The van der Waals surface area contributed by atoms with Gasteiger partial charge in [-0.15, -0.1) is 0 Å². The minimum Gasteiger partial charge on any atom is -0.447 e. The van der Waals surface area contributed by atoms with E-state index < -0.39 is 6.09 Å². The van der Waals surface area contributed by atoms with Crippen LogP contribution in [0.5, 0.6) is 0 Å². The van der Waals surface area contributed by atoms with E-state index in [1.807, 2.05) is 30.3 Å². The summed E-state index contributed by atoms with van der Waals surface area (Å²) >= 11 is 0. The van der Waals surface area contributed by atoms with Crippen molar-refractivity contribution < 1.29 is 14.3 Å². The molecule has 4 heteroatoms. The number of hydrogen-bond donors (Lipinski definition) is 0.